The number of unbranched alkanes of at least 4 members (excludes halogenated alkanes) is 4. The van der Waals surface area contributed by atoms with Crippen LogP contribution in [-0.4, -0.2) is 0 Å². The quantitative estimate of drug-likeness (QED) is 0.571. The maximum absolute atomic E-state index is 6.16. The summed E-state index contributed by atoms with van der Waals surface area (Å²) in [5, 5.41) is 0. The first-order valence-electron chi connectivity index (χ1n) is 6.25. The fraction of sp³-hybridized carbons (Fsp3) is 0.571. The fourth-order valence-electron chi connectivity index (χ4n) is 1.84. The molecule has 0 aliphatic rings. The Bertz CT molecular complexity index is 281. The Kier molecular flexibility index (Phi) is 7.05. The molecule has 90 valence electrons. The smallest absolute Gasteiger partial charge is 0.0294 e. The van der Waals surface area contributed by atoms with Crippen molar-refractivity contribution in [2.24, 2.45) is 5.73 Å². The number of rotatable bonds is 7. The molecule has 0 spiro atoms. The second kappa shape index (κ2) is 8.07. The lowest BCUT2D eigenvalue weighted by Gasteiger charge is -2.11. The third-order valence-electron chi connectivity index (χ3n) is 2.92. The third kappa shape index (κ3) is 5.30. The van der Waals surface area contributed by atoms with Crippen LogP contribution in [0.3, 0.4) is 0 Å². The van der Waals surface area contributed by atoms with E-state index in [2.05, 4.69) is 53.8 Å². The molecule has 1 atom stereocenters. The van der Waals surface area contributed by atoms with E-state index in [9.17, 15) is 0 Å². The fourth-order valence-corrected chi connectivity index (χ4v) is 2.20. The van der Waals surface area contributed by atoms with Gasteiger partial charge in [-0.1, -0.05) is 51.2 Å². The molecule has 1 aromatic rings. The maximum atomic E-state index is 6.16. The predicted molar refractivity (Wildman–Crippen MR) is 79.5 cm³/mol. The minimum Gasteiger partial charge on any atom is -0.324 e. The van der Waals surface area contributed by atoms with Crippen LogP contribution in [0.15, 0.2) is 24.3 Å². The molecule has 2 N–H and O–H groups in total. The first-order valence-corrected chi connectivity index (χ1v) is 7.33. The lowest BCUT2D eigenvalue weighted by Crippen LogP contribution is -2.09. The van der Waals surface area contributed by atoms with Crippen LogP contribution in [0.25, 0.3) is 0 Å². The molecule has 1 unspecified atom stereocenters. The molecule has 2 heteroatoms. The second-order valence-corrected chi connectivity index (χ2v) is 5.61. The van der Waals surface area contributed by atoms with Crippen molar-refractivity contribution < 1.29 is 0 Å². The molecule has 0 heterocycles. The van der Waals surface area contributed by atoms with E-state index in [1.54, 1.807) is 0 Å². The normalized spacial score (nSPS) is 12.7. The SMILES string of the molecule is CCCCCCCC(N)c1ccc(I)cc1. The van der Waals surface area contributed by atoms with Gasteiger partial charge in [0, 0.05) is 9.61 Å². The zero-order chi connectivity index (χ0) is 11.8. The van der Waals surface area contributed by atoms with E-state index >= 15 is 0 Å². The van der Waals surface area contributed by atoms with Crippen molar-refractivity contribution in [1.82, 2.24) is 0 Å². The van der Waals surface area contributed by atoms with Crippen molar-refractivity contribution in [2.75, 3.05) is 0 Å². The summed E-state index contributed by atoms with van der Waals surface area (Å²) < 4.78 is 1.27. The van der Waals surface area contributed by atoms with Gasteiger partial charge in [0.15, 0.2) is 0 Å². The number of halogens is 1. The summed E-state index contributed by atoms with van der Waals surface area (Å²) in [6.07, 6.45) is 7.72. The highest BCUT2D eigenvalue weighted by Crippen LogP contribution is 2.18. The van der Waals surface area contributed by atoms with E-state index in [1.807, 2.05) is 0 Å². The first kappa shape index (κ1) is 14.0. The van der Waals surface area contributed by atoms with Gasteiger partial charge in [0.25, 0.3) is 0 Å². The molecule has 1 rings (SSSR count). The maximum Gasteiger partial charge on any atom is 0.0294 e. The number of nitrogens with two attached hydrogens (primary N) is 1. The van der Waals surface area contributed by atoms with Crippen molar-refractivity contribution in [2.45, 2.75) is 51.5 Å². The van der Waals surface area contributed by atoms with Crippen molar-refractivity contribution in [3.63, 3.8) is 0 Å². The largest absolute Gasteiger partial charge is 0.324 e. The summed E-state index contributed by atoms with van der Waals surface area (Å²) in [5.41, 5.74) is 7.43. The second-order valence-electron chi connectivity index (χ2n) is 4.36. The molecule has 1 nitrogen and oxygen atoms in total. The summed E-state index contributed by atoms with van der Waals surface area (Å²) in [6.45, 7) is 2.25. The van der Waals surface area contributed by atoms with E-state index in [-0.39, 0.29) is 6.04 Å². The Hall–Kier alpha value is -0.0900. The minimum atomic E-state index is 0.221. The molecule has 0 amide bonds. The Balaban J connectivity index is 2.24. The molecule has 0 saturated carbocycles. The van der Waals surface area contributed by atoms with E-state index in [0.29, 0.717) is 0 Å². The molecule has 0 radical (unpaired) electrons. The molecule has 0 bridgehead atoms. The third-order valence-corrected chi connectivity index (χ3v) is 3.64. The molecule has 0 fully saturated rings. The van der Waals surface area contributed by atoms with Crippen molar-refractivity contribution >= 4 is 22.6 Å². The topological polar surface area (TPSA) is 26.0 Å². The highest BCUT2D eigenvalue weighted by atomic mass is 127. The van der Waals surface area contributed by atoms with Gasteiger partial charge in [0.2, 0.25) is 0 Å². The van der Waals surface area contributed by atoms with Gasteiger partial charge in [0.1, 0.15) is 0 Å². The van der Waals surface area contributed by atoms with Gasteiger partial charge in [-0.05, 0) is 46.7 Å². The average Bonchev–Trinajstić information content (AvgIpc) is 2.29. The summed E-state index contributed by atoms with van der Waals surface area (Å²) >= 11 is 2.32. The molecule has 0 aromatic heterocycles. The Morgan fingerprint density at radius 2 is 1.69 bits per heavy atom. The van der Waals surface area contributed by atoms with Gasteiger partial charge < -0.3 is 5.73 Å². The van der Waals surface area contributed by atoms with E-state index in [1.165, 1.54) is 41.2 Å². The molecule has 16 heavy (non-hydrogen) atoms. The average molecular weight is 331 g/mol. The highest BCUT2D eigenvalue weighted by molar-refractivity contribution is 14.1. The number of benzene rings is 1. The summed E-state index contributed by atoms with van der Waals surface area (Å²) in [5.74, 6) is 0. The number of hydrogen-bond donors (Lipinski definition) is 1. The number of hydrogen-bond acceptors (Lipinski definition) is 1. The molecule has 1 aromatic carbocycles. The van der Waals surface area contributed by atoms with Gasteiger partial charge in [-0.15, -0.1) is 0 Å². The van der Waals surface area contributed by atoms with Gasteiger partial charge >= 0.3 is 0 Å². The van der Waals surface area contributed by atoms with Gasteiger partial charge in [-0.25, -0.2) is 0 Å². The Labute approximate surface area is 113 Å². The lowest BCUT2D eigenvalue weighted by molar-refractivity contribution is 0.555. The van der Waals surface area contributed by atoms with E-state index < -0.39 is 0 Å². The van der Waals surface area contributed by atoms with Crippen LogP contribution in [0.1, 0.15) is 57.1 Å². The van der Waals surface area contributed by atoms with E-state index in [0.717, 1.165) is 6.42 Å². The van der Waals surface area contributed by atoms with Crippen LogP contribution in [0.2, 0.25) is 0 Å². The van der Waals surface area contributed by atoms with Gasteiger partial charge in [-0.3, -0.25) is 0 Å². The lowest BCUT2D eigenvalue weighted by atomic mass is 10.0. The highest BCUT2D eigenvalue weighted by Gasteiger charge is 2.04. The Morgan fingerprint density at radius 1 is 1.06 bits per heavy atom. The molecule has 0 saturated heterocycles. The van der Waals surface area contributed by atoms with Crippen LogP contribution >= 0.6 is 22.6 Å². The summed E-state index contributed by atoms with van der Waals surface area (Å²) in [7, 11) is 0. The van der Waals surface area contributed by atoms with Crippen molar-refractivity contribution in [3.05, 3.63) is 33.4 Å². The summed E-state index contributed by atoms with van der Waals surface area (Å²) in [6, 6.07) is 8.79. The first-order chi connectivity index (χ1) is 7.74. The van der Waals surface area contributed by atoms with Gasteiger partial charge in [0.05, 0.1) is 0 Å². The Morgan fingerprint density at radius 3 is 2.31 bits per heavy atom. The van der Waals surface area contributed by atoms with Crippen molar-refractivity contribution in [3.8, 4) is 0 Å². The summed E-state index contributed by atoms with van der Waals surface area (Å²) in [4.78, 5) is 0. The molecule has 0 aliphatic carbocycles. The zero-order valence-corrected chi connectivity index (χ0v) is 12.2. The van der Waals surface area contributed by atoms with Crippen LogP contribution in [0.5, 0.6) is 0 Å². The van der Waals surface area contributed by atoms with E-state index in [4.69, 9.17) is 5.73 Å². The molecular weight excluding hydrogens is 309 g/mol. The van der Waals surface area contributed by atoms with Gasteiger partial charge in [-0.2, -0.15) is 0 Å². The standard InChI is InChI=1S/C14H22IN/c1-2-3-4-5-6-7-14(16)12-8-10-13(15)11-9-12/h8-11,14H,2-7,16H2,1H3. The monoisotopic (exact) mass is 331 g/mol. The predicted octanol–water partition coefficient (Wildman–Crippen LogP) is 4.65. The zero-order valence-electron chi connectivity index (χ0n) is 10.1. The van der Waals surface area contributed by atoms with Crippen LogP contribution < -0.4 is 5.73 Å². The molecule has 0 aliphatic heterocycles. The molecular formula is C14H22IN. The van der Waals surface area contributed by atoms with Crippen molar-refractivity contribution in [1.29, 1.82) is 0 Å². The van der Waals surface area contributed by atoms with Crippen LogP contribution in [-0.2, 0) is 0 Å². The van der Waals surface area contributed by atoms with Crippen LogP contribution in [0.4, 0.5) is 0 Å². The minimum absolute atomic E-state index is 0.221. The van der Waals surface area contributed by atoms with Crippen LogP contribution in [0, 0.1) is 3.57 Å².